The van der Waals surface area contributed by atoms with Crippen molar-refractivity contribution < 1.29 is 19.2 Å². The molecule has 0 spiro atoms. The zero-order chi connectivity index (χ0) is 17.6. The molecule has 7 nitrogen and oxygen atoms in total. The maximum absolute atomic E-state index is 12.3. The maximum Gasteiger partial charge on any atom is 0.261 e. The third kappa shape index (κ3) is 2.79. The number of imide groups is 1. The fraction of sp³-hybridized carbons (Fsp3) is 0.444. The molecule has 25 heavy (non-hydrogen) atoms. The molecule has 1 saturated carbocycles. The molecule has 1 saturated heterocycles. The van der Waals surface area contributed by atoms with Gasteiger partial charge in [-0.25, -0.2) is 0 Å². The van der Waals surface area contributed by atoms with Crippen LogP contribution in [0.4, 0.5) is 0 Å². The number of amides is 4. The first kappa shape index (κ1) is 15.8. The molecule has 1 aliphatic carbocycles. The highest BCUT2D eigenvalue weighted by Gasteiger charge is 2.41. The molecule has 4 amide bonds. The summed E-state index contributed by atoms with van der Waals surface area (Å²) < 4.78 is 0. The molecule has 1 atom stereocenters. The van der Waals surface area contributed by atoms with Gasteiger partial charge in [0.15, 0.2) is 0 Å². The van der Waals surface area contributed by atoms with Crippen LogP contribution in [0.25, 0.3) is 0 Å². The molecule has 1 aromatic rings. The Morgan fingerprint density at radius 1 is 1.08 bits per heavy atom. The highest BCUT2D eigenvalue weighted by Crippen LogP contribution is 2.32. The SMILES string of the molecule is O=C(NCCN1C(=O)c2ccccc2C1=O)[C@@H]1CC(=O)N(C2CC2)C1. The Morgan fingerprint density at radius 3 is 2.32 bits per heavy atom. The molecule has 2 aliphatic heterocycles. The van der Waals surface area contributed by atoms with Crippen LogP contribution in [-0.4, -0.2) is 59.1 Å². The lowest BCUT2D eigenvalue weighted by Gasteiger charge is -2.17. The fourth-order valence-electron chi connectivity index (χ4n) is 3.52. The van der Waals surface area contributed by atoms with Crippen LogP contribution in [0.5, 0.6) is 0 Å². The van der Waals surface area contributed by atoms with Gasteiger partial charge in [0.2, 0.25) is 11.8 Å². The van der Waals surface area contributed by atoms with Gasteiger partial charge in [0.05, 0.1) is 17.0 Å². The summed E-state index contributed by atoms with van der Waals surface area (Å²) in [6, 6.07) is 7.02. The molecule has 130 valence electrons. The minimum Gasteiger partial charge on any atom is -0.354 e. The minimum atomic E-state index is -0.338. The summed E-state index contributed by atoms with van der Waals surface area (Å²) in [5.74, 6) is -1.14. The third-order valence-corrected chi connectivity index (χ3v) is 5.03. The van der Waals surface area contributed by atoms with E-state index in [1.54, 1.807) is 29.2 Å². The topological polar surface area (TPSA) is 86.8 Å². The first-order valence-electron chi connectivity index (χ1n) is 8.58. The van der Waals surface area contributed by atoms with Gasteiger partial charge in [-0.05, 0) is 25.0 Å². The second-order valence-electron chi connectivity index (χ2n) is 6.78. The zero-order valence-electron chi connectivity index (χ0n) is 13.7. The van der Waals surface area contributed by atoms with E-state index in [-0.39, 0.29) is 49.1 Å². The lowest BCUT2D eigenvalue weighted by molar-refractivity contribution is -0.129. The standard InChI is InChI=1S/C18H19N3O4/c22-15-9-11(10-21(15)12-5-6-12)16(23)19-7-8-20-17(24)13-3-1-2-4-14(13)18(20)25/h1-4,11-12H,5-10H2,(H,19,23)/t11-/m1/s1. The number of carbonyl (C=O) groups excluding carboxylic acids is 4. The minimum absolute atomic E-state index is 0.0444. The molecule has 0 unspecified atom stereocenters. The summed E-state index contributed by atoms with van der Waals surface area (Å²) in [7, 11) is 0. The number of fused-ring (bicyclic) bond motifs is 1. The van der Waals surface area contributed by atoms with Crippen LogP contribution in [0.2, 0.25) is 0 Å². The van der Waals surface area contributed by atoms with Crippen LogP contribution in [0.15, 0.2) is 24.3 Å². The quantitative estimate of drug-likeness (QED) is 0.786. The van der Waals surface area contributed by atoms with Crippen molar-refractivity contribution in [2.24, 2.45) is 5.92 Å². The average Bonchev–Trinajstić information content (AvgIpc) is 3.34. The molecular formula is C18H19N3O4. The van der Waals surface area contributed by atoms with Crippen LogP contribution in [0, 0.1) is 5.92 Å². The van der Waals surface area contributed by atoms with Gasteiger partial charge in [0.25, 0.3) is 11.8 Å². The molecule has 0 aromatic heterocycles. The number of hydrogen-bond donors (Lipinski definition) is 1. The zero-order valence-corrected chi connectivity index (χ0v) is 13.7. The summed E-state index contributed by atoms with van der Waals surface area (Å²) in [4.78, 5) is 51.6. The molecular weight excluding hydrogens is 322 g/mol. The first-order chi connectivity index (χ1) is 12.1. The van der Waals surface area contributed by atoms with Gasteiger partial charge in [0, 0.05) is 32.1 Å². The second kappa shape index (κ2) is 5.98. The Morgan fingerprint density at radius 2 is 1.72 bits per heavy atom. The van der Waals surface area contributed by atoms with Crippen molar-refractivity contribution in [1.29, 1.82) is 0 Å². The molecule has 0 radical (unpaired) electrons. The molecule has 3 aliphatic rings. The van der Waals surface area contributed by atoms with Crippen LogP contribution in [-0.2, 0) is 9.59 Å². The molecule has 2 fully saturated rings. The second-order valence-corrected chi connectivity index (χ2v) is 6.78. The van der Waals surface area contributed by atoms with E-state index < -0.39 is 0 Å². The predicted molar refractivity (Wildman–Crippen MR) is 87.7 cm³/mol. The number of nitrogens with zero attached hydrogens (tertiary/aromatic N) is 2. The van der Waals surface area contributed by atoms with E-state index >= 15 is 0 Å². The lowest BCUT2D eigenvalue weighted by atomic mass is 10.1. The Kier molecular flexibility index (Phi) is 3.78. The molecule has 1 N–H and O–H groups in total. The van der Waals surface area contributed by atoms with Gasteiger partial charge in [-0.15, -0.1) is 0 Å². The van der Waals surface area contributed by atoms with Crippen LogP contribution >= 0.6 is 0 Å². The summed E-state index contributed by atoms with van der Waals surface area (Å²) in [6.07, 6.45) is 2.30. The van der Waals surface area contributed by atoms with E-state index in [1.807, 2.05) is 0 Å². The molecule has 1 aromatic carbocycles. The number of carbonyl (C=O) groups is 4. The number of rotatable bonds is 5. The Bertz CT molecular complexity index is 736. The van der Waals surface area contributed by atoms with E-state index in [4.69, 9.17) is 0 Å². The van der Waals surface area contributed by atoms with Gasteiger partial charge >= 0.3 is 0 Å². The van der Waals surface area contributed by atoms with Crippen molar-refractivity contribution in [3.8, 4) is 0 Å². The van der Waals surface area contributed by atoms with E-state index in [0.717, 1.165) is 17.7 Å². The summed E-state index contributed by atoms with van der Waals surface area (Å²) >= 11 is 0. The average molecular weight is 341 g/mol. The van der Waals surface area contributed by atoms with Crippen molar-refractivity contribution in [2.75, 3.05) is 19.6 Å². The summed E-state index contributed by atoms with van der Waals surface area (Å²) in [6.45, 7) is 0.797. The monoisotopic (exact) mass is 341 g/mol. The Hall–Kier alpha value is -2.70. The van der Waals surface area contributed by atoms with Gasteiger partial charge in [-0.3, -0.25) is 24.1 Å². The fourth-order valence-corrected chi connectivity index (χ4v) is 3.52. The van der Waals surface area contributed by atoms with Crippen LogP contribution in [0.3, 0.4) is 0 Å². The van der Waals surface area contributed by atoms with Crippen LogP contribution in [0.1, 0.15) is 40.0 Å². The number of nitrogens with one attached hydrogen (secondary N) is 1. The van der Waals surface area contributed by atoms with E-state index in [0.29, 0.717) is 23.7 Å². The first-order valence-corrected chi connectivity index (χ1v) is 8.58. The highest BCUT2D eigenvalue weighted by atomic mass is 16.2. The molecule has 0 bridgehead atoms. The van der Waals surface area contributed by atoms with Crippen molar-refractivity contribution in [3.05, 3.63) is 35.4 Å². The van der Waals surface area contributed by atoms with E-state index in [2.05, 4.69) is 5.32 Å². The normalized spacial score (nSPS) is 22.6. The van der Waals surface area contributed by atoms with E-state index in [1.165, 1.54) is 0 Å². The van der Waals surface area contributed by atoms with Crippen molar-refractivity contribution in [3.63, 3.8) is 0 Å². The van der Waals surface area contributed by atoms with Crippen molar-refractivity contribution in [1.82, 2.24) is 15.1 Å². The molecule has 7 heteroatoms. The van der Waals surface area contributed by atoms with E-state index in [9.17, 15) is 19.2 Å². The third-order valence-electron chi connectivity index (χ3n) is 5.03. The van der Waals surface area contributed by atoms with Crippen molar-refractivity contribution >= 4 is 23.6 Å². The summed E-state index contributed by atoms with van der Waals surface area (Å²) in [5, 5.41) is 2.76. The lowest BCUT2D eigenvalue weighted by Crippen LogP contribution is -2.40. The number of benzene rings is 1. The summed E-state index contributed by atoms with van der Waals surface area (Å²) in [5.41, 5.74) is 0.806. The Labute approximate surface area is 145 Å². The van der Waals surface area contributed by atoms with Gasteiger partial charge < -0.3 is 10.2 Å². The van der Waals surface area contributed by atoms with Crippen molar-refractivity contribution in [2.45, 2.75) is 25.3 Å². The van der Waals surface area contributed by atoms with Gasteiger partial charge in [0.1, 0.15) is 0 Å². The van der Waals surface area contributed by atoms with Gasteiger partial charge in [-0.2, -0.15) is 0 Å². The van der Waals surface area contributed by atoms with Gasteiger partial charge in [-0.1, -0.05) is 12.1 Å². The predicted octanol–water partition coefficient (Wildman–Crippen LogP) is 0.410. The smallest absolute Gasteiger partial charge is 0.261 e. The number of likely N-dealkylation sites (tertiary alicyclic amines) is 1. The maximum atomic E-state index is 12.3. The number of hydrogen-bond acceptors (Lipinski definition) is 4. The highest BCUT2D eigenvalue weighted by molar-refractivity contribution is 6.21. The molecule has 4 rings (SSSR count). The largest absolute Gasteiger partial charge is 0.354 e. The van der Waals surface area contributed by atoms with Crippen LogP contribution < -0.4 is 5.32 Å². The Balaban J connectivity index is 1.30. The molecule has 2 heterocycles.